The van der Waals surface area contributed by atoms with Crippen LogP contribution >= 0.6 is 23.4 Å². The fourth-order valence-electron chi connectivity index (χ4n) is 1.81. The monoisotopic (exact) mass is 322 g/mol. The zero-order chi connectivity index (χ0) is 15.4. The predicted molar refractivity (Wildman–Crippen MR) is 89.7 cm³/mol. The second kappa shape index (κ2) is 7.11. The number of halogens is 1. The molecule has 1 aromatic carbocycles. The molecule has 0 unspecified atom stereocenters. The van der Waals surface area contributed by atoms with Crippen molar-refractivity contribution in [3.8, 4) is 0 Å². The summed E-state index contributed by atoms with van der Waals surface area (Å²) in [6.07, 6.45) is 0. The van der Waals surface area contributed by atoms with Crippen LogP contribution in [0.5, 0.6) is 0 Å². The van der Waals surface area contributed by atoms with E-state index in [4.69, 9.17) is 17.4 Å². The van der Waals surface area contributed by atoms with Crippen molar-refractivity contribution in [2.45, 2.75) is 37.5 Å². The molecule has 0 aliphatic heterocycles. The Labute approximate surface area is 134 Å². The molecule has 2 rings (SSSR count). The average molecular weight is 323 g/mol. The molecule has 0 bridgehead atoms. The van der Waals surface area contributed by atoms with Crippen LogP contribution in [0, 0.1) is 6.92 Å². The molecule has 0 atom stereocenters. The molecular formula is C15H19ClN4S. The van der Waals surface area contributed by atoms with Gasteiger partial charge in [-0.05, 0) is 18.6 Å². The molecule has 0 aliphatic carbocycles. The summed E-state index contributed by atoms with van der Waals surface area (Å²) in [5, 5.41) is 1.71. The molecule has 0 spiro atoms. The third kappa shape index (κ3) is 3.87. The molecule has 21 heavy (non-hydrogen) atoms. The molecule has 0 aliphatic rings. The predicted octanol–water partition coefficient (Wildman–Crippen LogP) is 4.14. The van der Waals surface area contributed by atoms with E-state index in [2.05, 4.69) is 29.2 Å². The number of thioether (sulfide) groups is 1. The summed E-state index contributed by atoms with van der Waals surface area (Å²) < 4.78 is 0. The van der Waals surface area contributed by atoms with Gasteiger partial charge in [-0.15, -0.1) is 11.8 Å². The van der Waals surface area contributed by atoms with E-state index in [0.29, 0.717) is 5.82 Å². The second-order valence-corrected chi connectivity index (χ2v) is 6.41. The Kier molecular flexibility index (Phi) is 5.45. The van der Waals surface area contributed by atoms with E-state index in [-0.39, 0.29) is 5.92 Å². The zero-order valence-corrected chi connectivity index (χ0v) is 13.9. The molecule has 1 aromatic heterocycles. The van der Waals surface area contributed by atoms with Crippen LogP contribution in [0.4, 0.5) is 5.82 Å². The van der Waals surface area contributed by atoms with Gasteiger partial charge in [-0.25, -0.2) is 15.8 Å². The largest absolute Gasteiger partial charge is 0.308 e. The molecule has 1 heterocycles. The molecule has 0 saturated carbocycles. The maximum Gasteiger partial charge on any atom is 0.147 e. The normalized spacial score (nSPS) is 11.0. The van der Waals surface area contributed by atoms with Crippen molar-refractivity contribution in [1.29, 1.82) is 0 Å². The maximum absolute atomic E-state index is 6.19. The van der Waals surface area contributed by atoms with Crippen LogP contribution in [-0.4, -0.2) is 9.97 Å². The zero-order valence-electron chi connectivity index (χ0n) is 12.4. The molecule has 6 heteroatoms. The van der Waals surface area contributed by atoms with Crippen molar-refractivity contribution in [3.63, 3.8) is 0 Å². The number of nitrogens with two attached hydrogens (primary N) is 1. The van der Waals surface area contributed by atoms with Crippen molar-refractivity contribution < 1.29 is 0 Å². The number of hydrogen-bond acceptors (Lipinski definition) is 5. The first-order valence-corrected chi connectivity index (χ1v) is 8.10. The van der Waals surface area contributed by atoms with Gasteiger partial charge < -0.3 is 5.43 Å². The summed E-state index contributed by atoms with van der Waals surface area (Å²) in [5.41, 5.74) is 4.70. The van der Waals surface area contributed by atoms with Crippen LogP contribution in [0.1, 0.15) is 36.7 Å². The Morgan fingerprint density at radius 3 is 2.62 bits per heavy atom. The molecular weight excluding hydrogens is 304 g/mol. The van der Waals surface area contributed by atoms with Gasteiger partial charge in [0, 0.05) is 22.3 Å². The smallest absolute Gasteiger partial charge is 0.147 e. The lowest BCUT2D eigenvalue weighted by Gasteiger charge is -2.13. The maximum atomic E-state index is 6.19. The third-order valence-corrected chi connectivity index (χ3v) is 4.59. The Morgan fingerprint density at radius 2 is 2.00 bits per heavy atom. The van der Waals surface area contributed by atoms with Gasteiger partial charge in [0.1, 0.15) is 16.7 Å². The summed E-state index contributed by atoms with van der Waals surface area (Å²) >= 11 is 7.84. The van der Waals surface area contributed by atoms with E-state index in [9.17, 15) is 0 Å². The van der Waals surface area contributed by atoms with Gasteiger partial charge in [-0.2, -0.15) is 0 Å². The van der Waals surface area contributed by atoms with Crippen molar-refractivity contribution in [2.75, 3.05) is 5.43 Å². The van der Waals surface area contributed by atoms with Crippen LogP contribution in [0.25, 0.3) is 0 Å². The molecule has 0 fully saturated rings. The van der Waals surface area contributed by atoms with Crippen molar-refractivity contribution in [2.24, 2.45) is 5.84 Å². The van der Waals surface area contributed by atoms with Gasteiger partial charge in [-0.3, -0.25) is 0 Å². The molecule has 3 N–H and O–H groups in total. The number of nitrogens with one attached hydrogen (secondary N) is 1. The number of nitrogen functional groups attached to an aromatic ring is 1. The number of hydrogen-bond donors (Lipinski definition) is 2. The van der Waals surface area contributed by atoms with Crippen LogP contribution in [0.15, 0.2) is 29.3 Å². The highest BCUT2D eigenvalue weighted by Crippen LogP contribution is 2.30. The Bertz CT molecular complexity index is 631. The number of anilines is 1. The number of aromatic nitrogens is 2. The minimum absolute atomic E-state index is 0.248. The fraction of sp³-hybridized carbons (Fsp3) is 0.333. The molecule has 4 nitrogen and oxygen atoms in total. The van der Waals surface area contributed by atoms with Gasteiger partial charge in [-0.1, -0.05) is 43.6 Å². The topological polar surface area (TPSA) is 63.8 Å². The second-order valence-electron chi connectivity index (χ2n) is 5.04. The molecule has 0 saturated heterocycles. The Morgan fingerprint density at radius 1 is 1.29 bits per heavy atom. The summed E-state index contributed by atoms with van der Waals surface area (Å²) in [4.78, 5) is 9.08. The van der Waals surface area contributed by atoms with Gasteiger partial charge in [0.2, 0.25) is 0 Å². The van der Waals surface area contributed by atoms with Gasteiger partial charge in [0.05, 0.1) is 0 Å². The minimum atomic E-state index is 0.248. The SMILES string of the molecule is Cc1c(NN)nc(C(C)C)nc1SCc1ccccc1Cl. The summed E-state index contributed by atoms with van der Waals surface area (Å²) in [6, 6.07) is 7.84. The Hall–Kier alpha value is -1.30. The van der Waals surface area contributed by atoms with E-state index in [1.165, 1.54) is 0 Å². The van der Waals surface area contributed by atoms with E-state index in [1.807, 2.05) is 31.2 Å². The minimum Gasteiger partial charge on any atom is -0.308 e. The summed E-state index contributed by atoms with van der Waals surface area (Å²) in [7, 11) is 0. The van der Waals surface area contributed by atoms with Crippen LogP contribution in [0.3, 0.4) is 0 Å². The molecule has 0 radical (unpaired) electrons. The van der Waals surface area contributed by atoms with Gasteiger partial charge in [0.15, 0.2) is 0 Å². The number of hydrazine groups is 1. The van der Waals surface area contributed by atoms with E-state index < -0.39 is 0 Å². The third-order valence-electron chi connectivity index (χ3n) is 3.09. The van der Waals surface area contributed by atoms with Crippen molar-refractivity contribution in [3.05, 3.63) is 46.2 Å². The number of rotatable bonds is 5. The molecule has 2 aromatic rings. The quantitative estimate of drug-likeness (QED) is 0.375. The highest BCUT2D eigenvalue weighted by molar-refractivity contribution is 7.98. The van der Waals surface area contributed by atoms with E-state index in [0.717, 1.165) is 32.8 Å². The highest BCUT2D eigenvalue weighted by atomic mass is 35.5. The van der Waals surface area contributed by atoms with Crippen LogP contribution in [-0.2, 0) is 5.75 Å². The lowest BCUT2D eigenvalue weighted by atomic mass is 10.2. The van der Waals surface area contributed by atoms with Gasteiger partial charge >= 0.3 is 0 Å². The first-order valence-electron chi connectivity index (χ1n) is 6.74. The van der Waals surface area contributed by atoms with Crippen LogP contribution < -0.4 is 11.3 Å². The van der Waals surface area contributed by atoms with Gasteiger partial charge in [0.25, 0.3) is 0 Å². The first-order chi connectivity index (χ1) is 10.0. The number of nitrogens with zero attached hydrogens (tertiary/aromatic N) is 2. The van der Waals surface area contributed by atoms with E-state index in [1.54, 1.807) is 11.8 Å². The van der Waals surface area contributed by atoms with E-state index >= 15 is 0 Å². The summed E-state index contributed by atoms with van der Waals surface area (Å²) in [6.45, 7) is 6.09. The fourth-order valence-corrected chi connectivity index (χ4v) is 3.11. The lowest BCUT2D eigenvalue weighted by Crippen LogP contribution is -2.13. The van der Waals surface area contributed by atoms with Crippen molar-refractivity contribution in [1.82, 2.24) is 9.97 Å². The molecule has 112 valence electrons. The standard InChI is InChI=1S/C15H19ClN4S/c1-9(2)13-18-14(20-17)10(3)15(19-13)21-8-11-6-4-5-7-12(11)16/h4-7,9H,8,17H2,1-3H3,(H,18,19,20). The highest BCUT2D eigenvalue weighted by Gasteiger charge is 2.13. The molecule has 0 amide bonds. The Balaban J connectivity index is 2.27. The lowest BCUT2D eigenvalue weighted by molar-refractivity contribution is 0.749. The number of benzene rings is 1. The first kappa shape index (κ1) is 16.1. The average Bonchev–Trinajstić information content (AvgIpc) is 2.47. The summed E-state index contributed by atoms with van der Waals surface area (Å²) in [5.74, 6) is 8.02. The van der Waals surface area contributed by atoms with Crippen molar-refractivity contribution >= 4 is 29.2 Å². The van der Waals surface area contributed by atoms with Crippen LogP contribution in [0.2, 0.25) is 5.02 Å².